The summed E-state index contributed by atoms with van der Waals surface area (Å²) in [5.41, 5.74) is 10.1. The summed E-state index contributed by atoms with van der Waals surface area (Å²) in [6.07, 6.45) is 0.951. The van der Waals surface area contributed by atoms with E-state index in [0.717, 1.165) is 29.5 Å². The number of nitrogens with one attached hydrogen (secondary N) is 1. The SMILES string of the molecule is Cc1c(N)ccc2c1C(C=O)OC(NCCc1ccccc1)=N2.Cl.Cl. The van der Waals surface area contributed by atoms with Crippen molar-refractivity contribution in [1.82, 2.24) is 5.32 Å². The third-order valence-electron chi connectivity index (χ3n) is 3.94. The Morgan fingerprint density at radius 2 is 1.92 bits per heavy atom. The van der Waals surface area contributed by atoms with Gasteiger partial charge in [0.05, 0.1) is 5.69 Å². The van der Waals surface area contributed by atoms with Crippen LogP contribution in [0.3, 0.4) is 0 Å². The normalized spacial score (nSPS) is 14.8. The van der Waals surface area contributed by atoms with Crippen LogP contribution >= 0.6 is 24.8 Å². The number of aldehydes is 1. The molecule has 0 amide bonds. The number of hydrogen-bond acceptors (Lipinski definition) is 5. The van der Waals surface area contributed by atoms with Crippen LogP contribution in [0.4, 0.5) is 11.4 Å². The lowest BCUT2D eigenvalue weighted by Gasteiger charge is -2.24. The molecular weight excluding hydrogens is 361 g/mol. The Morgan fingerprint density at radius 1 is 1.20 bits per heavy atom. The van der Waals surface area contributed by atoms with Gasteiger partial charge in [-0.25, -0.2) is 0 Å². The minimum absolute atomic E-state index is 0. The van der Waals surface area contributed by atoms with Crippen molar-refractivity contribution in [3.8, 4) is 0 Å². The molecule has 7 heteroatoms. The Labute approximate surface area is 159 Å². The van der Waals surface area contributed by atoms with E-state index in [4.69, 9.17) is 10.5 Å². The minimum Gasteiger partial charge on any atom is -0.449 e. The number of hydrogen-bond donors (Lipinski definition) is 2. The molecule has 0 bridgehead atoms. The summed E-state index contributed by atoms with van der Waals surface area (Å²) in [6.45, 7) is 2.55. The van der Waals surface area contributed by atoms with Crippen molar-refractivity contribution < 1.29 is 9.53 Å². The van der Waals surface area contributed by atoms with E-state index in [1.54, 1.807) is 6.07 Å². The number of halogens is 2. The summed E-state index contributed by atoms with van der Waals surface area (Å²) in [4.78, 5) is 15.8. The highest BCUT2D eigenvalue weighted by atomic mass is 35.5. The quantitative estimate of drug-likeness (QED) is 0.627. The van der Waals surface area contributed by atoms with Gasteiger partial charge in [-0.15, -0.1) is 24.8 Å². The second-order valence-corrected chi connectivity index (χ2v) is 5.47. The standard InChI is InChI=1S/C18H19N3O2.2ClH/c1-12-14(19)7-8-15-17(12)16(11-22)23-18(21-15)20-10-9-13-5-3-2-4-6-13;;/h2-8,11,16H,9-10,19H2,1H3,(H,20,21);2*1H. The Hall–Kier alpha value is -2.24. The van der Waals surface area contributed by atoms with Gasteiger partial charge in [0, 0.05) is 17.8 Å². The highest BCUT2D eigenvalue weighted by Crippen LogP contribution is 2.36. The predicted molar refractivity (Wildman–Crippen MR) is 105 cm³/mol. The Morgan fingerprint density at radius 3 is 2.60 bits per heavy atom. The zero-order valence-corrected chi connectivity index (χ0v) is 15.4. The van der Waals surface area contributed by atoms with E-state index in [2.05, 4.69) is 22.4 Å². The van der Waals surface area contributed by atoms with Crippen LogP contribution in [0.15, 0.2) is 47.5 Å². The number of nitrogen functional groups attached to an aromatic ring is 1. The maximum Gasteiger partial charge on any atom is 0.290 e. The first-order valence-corrected chi connectivity index (χ1v) is 7.56. The van der Waals surface area contributed by atoms with E-state index < -0.39 is 6.10 Å². The summed E-state index contributed by atoms with van der Waals surface area (Å²) in [7, 11) is 0. The van der Waals surface area contributed by atoms with E-state index in [-0.39, 0.29) is 24.8 Å². The monoisotopic (exact) mass is 381 g/mol. The molecule has 0 spiro atoms. The number of nitrogens with zero attached hydrogens (tertiary/aromatic N) is 1. The number of benzene rings is 2. The lowest BCUT2D eigenvalue weighted by Crippen LogP contribution is -2.32. The van der Waals surface area contributed by atoms with Gasteiger partial charge in [-0.1, -0.05) is 30.3 Å². The molecular formula is C18H21Cl2N3O2. The van der Waals surface area contributed by atoms with Gasteiger partial charge in [-0.2, -0.15) is 4.99 Å². The van der Waals surface area contributed by atoms with Gasteiger partial charge in [-0.3, -0.25) is 4.79 Å². The number of carbonyl (C=O) groups excluding carboxylic acids is 1. The molecule has 3 N–H and O–H groups in total. The number of rotatable bonds is 4. The van der Waals surface area contributed by atoms with Crippen LogP contribution in [0.1, 0.15) is 22.8 Å². The van der Waals surface area contributed by atoms with E-state index >= 15 is 0 Å². The summed E-state index contributed by atoms with van der Waals surface area (Å²) in [5, 5.41) is 3.15. The topological polar surface area (TPSA) is 76.7 Å². The molecule has 2 aromatic rings. The molecule has 0 aromatic heterocycles. The third-order valence-corrected chi connectivity index (χ3v) is 3.94. The number of fused-ring (bicyclic) bond motifs is 1. The fraction of sp³-hybridized carbons (Fsp3) is 0.222. The average molecular weight is 382 g/mol. The van der Waals surface area contributed by atoms with E-state index in [9.17, 15) is 4.79 Å². The summed E-state index contributed by atoms with van der Waals surface area (Å²) in [5.74, 6) is 0. The fourth-order valence-electron chi connectivity index (χ4n) is 2.64. The smallest absolute Gasteiger partial charge is 0.290 e. The molecule has 1 aliphatic rings. The zero-order chi connectivity index (χ0) is 16.2. The lowest BCUT2D eigenvalue weighted by atomic mass is 9.99. The maximum absolute atomic E-state index is 11.4. The molecule has 25 heavy (non-hydrogen) atoms. The van der Waals surface area contributed by atoms with E-state index in [1.165, 1.54) is 5.56 Å². The van der Waals surface area contributed by atoms with Crippen LogP contribution in [0.5, 0.6) is 0 Å². The van der Waals surface area contributed by atoms with Crippen molar-refractivity contribution in [3.05, 3.63) is 59.2 Å². The molecule has 0 saturated heterocycles. The van der Waals surface area contributed by atoms with Crippen molar-refractivity contribution in [2.75, 3.05) is 12.3 Å². The molecule has 1 aliphatic heterocycles. The van der Waals surface area contributed by atoms with Gasteiger partial charge in [0.15, 0.2) is 12.4 Å². The molecule has 1 atom stereocenters. The predicted octanol–water partition coefficient (Wildman–Crippen LogP) is 3.51. The highest BCUT2D eigenvalue weighted by Gasteiger charge is 2.26. The van der Waals surface area contributed by atoms with Crippen LogP contribution in [0.25, 0.3) is 0 Å². The Bertz CT molecular complexity index is 751. The minimum atomic E-state index is -0.676. The first-order chi connectivity index (χ1) is 11.2. The summed E-state index contributed by atoms with van der Waals surface area (Å²) in [6, 6.07) is 14.1. The maximum atomic E-state index is 11.4. The van der Waals surface area contributed by atoms with Crippen LogP contribution < -0.4 is 11.1 Å². The molecule has 5 nitrogen and oxygen atoms in total. The van der Waals surface area contributed by atoms with Gasteiger partial charge < -0.3 is 15.8 Å². The fourth-order valence-corrected chi connectivity index (χ4v) is 2.64. The Kier molecular flexibility index (Phi) is 7.74. The van der Waals surface area contributed by atoms with Gasteiger partial charge in [0.2, 0.25) is 0 Å². The summed E-state index contributed by atoms with van der Waals surface area (Å²) >= 11 is 0. The zero-order valence-electron chi connectivity index (χ0n) is 13.8. The number of carbonyl (C=O) groups is 1. The van der Waals surface area contributed by atoms with Gasteiger partial charge in [-0.05, 0) is 36.6 Å². The molecule has 134 valence electrons. The molecule has 0 fully saturated rings. The molecule has 1 unspecified atom stereocenters. The van der Waals surface area contributed by atoms with Crippen LogP contribution in [-0.2, 0) is 16.0 Å². The number of nitrogens with two attached hydrogens (primary N) is 1. The lowest BCUT2D eigenvalue weighted by molar-refractivity contribution is -0.114. The average Bonchev–Trinajstić information content (AvgIpc) is 2.58. The van der Waals surface area contributed by atoms with Gasteiger partial charge in [0.1, 0.15) is 0 Å². The number of amidine groups is 1. The van der Waals surface area contributed by atoms with Crippen molar-refractivity contribution in [2.45, 2.75) is 19.4 Å². The first-order valence-electron chi connectivity index (χ1n) is 7.56. The molecule has 0 radical (unpaired) electrons. The van der Waals surface area contributed by atoms with E-state index in [1.807, 2.05) is 31.2 Å². The second kappa shape index (κ2) is 9.30. The molecule has 2 aromatic carbocycles. The molecule has 0 aliphatic carbocycles. The van der Waals surface area contributed by atoms with Crippen molar-refractivity contribution in [2.24, 2.45) is 4.99 Å². The highest BCUT2D eigenvalue weighted by molar-refractivity contribution is 5.86. The van der Waals surface area contributed by atoms with Crippen LogP contribution in [0, 0.1) is 6.92 Å². The number of ether oxygens (including phenoxy) is 1. The number of aliphatic imine (C=N–C) groups is 1. The number of anilines is 1. The second-order valence-electron chi connectivity index (χ2n) is 5.47. The van der Waals surface area contributed by atoms with E-state index in [0.29, 0.717) is 18.3 Å². The van der Waals surface area contributed by atoms with Crippen LogP contribution in [-0.4, -0.2) is 18.9 Å². The van der Waals surface area contributed by atoms with Crippen molar-refractivity contribution >= 4 is 48.5 Å². The Balaban J connectivity index is 0.00000156. The van der Waals surface area contributed by atoms with Crippen molar-refractivity contribution in [3.63, 3.8) is 0 Å². The molecule has 0 saturated carbocycles. The molecule has 1 heterocycles. The van der Waals surface area contributed by atoms with Crippen molar-refractivity contribution in [1.29, 1.82) is 0 Å². The summed E-state index contributed by atoms with van der Waals surface area (Å²) < 4.78 is 5.65. The van der Waals surface area contributed by atoms with Crippen LogP contribution in [0.2, 0.25) is 0 Å². The third kappa shape index (κ3) is 4.65. The first kappa shape index (κ1) is 20.8. The molecule has 3 rings (SSSR count). The van der Waals surface area contributed by atoms with Gasteiger partial charge in [0.25, 0.3) is 6.02 Å². The largest absolute Gasteiger partial charge is 0.449 e. The van der Waals surface area contributed by atoms with Gasteiger partial charge >= 0.3 is 0 Å².